The molecule has 0 saturated heterocycles. The van der Waals surface area contributed by atoms with Gasteiger partial charge in [-0.3, -0.25) is 0 Å². The topological polar surface area (TPSA) is 12.9 Å². The Kier molecular flexibility index (Phi) is 4.55. The highest BCUT2D eigenvalue weighted by Gasteiger charge is 2.04. The fourth-order valence-corrected chi connectivity index (χ4v) is 2.98. The van der Waals surface area contributed by atoms with Crippen LogP contribution in [-0.2, 0) is 5.75 Å². The van der Waals surface area contributed by atoms with E-state index in [0.717, 1.165) is 11.3 Å². The van der Waals surface area contributed by atoms with E-state index in [1.807, 2.05) is 6.07 Å². The highest BCUT2D eigenvalue weighted by atomic mass is 35.5. The Morgan fingerprint density at radius 2 is 1.83 bits per heavy atom. The monoisotopic (exact) mass is 297 g/mol. The summed E-state index contributed by atoms with van der Waals surface area (Å²) in [4.78, 5) is 5.27. The van der Waals surface area contributed by atoms with Gasteiger partial charge in [-0.1, -0.05) is 35.3 Å². The molecule has 0 N–H and O–H groups in total. The van der Waals surface area contributed by atoms with E-state index in [2.05, 4.69) is 37.0 Å². The quantitative estimate of drug-likeness (QED) is 0.563. The highest BCUT2D eigenvalue weighted by molar-refractivity contribution is 7.98. The maximum absolute atomic E-state index is 6.04. The number of thioether (sulfide) groups is 1. The Balaban J connectivity index is 2.09. The average Bonchev–Trinajstić information content (AvgIpc) is 2.32. The van der Waals surface area contributed by atoms with Gasteiger partial charge in [0.15, 0.2) is 0 Å². The van der Waals surface area contributed by atoms with Gasteiger partial charge in [0.2, 0.25) is 0 Å². The van der Waals surface area contributed by atoms with Crippen molar-refractivity contribution in [3.63, 3.8) is 0 Å². The molecule has 2 rings (SSSR count). The molecule has 1 aromatic heterocycles. The summed E-state index contributed by atoms with van der Waals surface area (Å²) >= 11 is 13.6. The lowest BCUT2D eigenvalue weighted by Gasteiger charge is -2.06. The number of benzene rings is 1. The SMILES string of the molecule is Cc1ccc(SCc2ccc(Cl)nc2Cl)cc1C. The van der Waals surface area contributed by atoms with E-state index in [4.69, 9.17) is 23.2 Å². The minimum atomic E-state index is 0.430. The smallest absolute Gasteiger partial charge is 0.134 e. The molecule has 0 unspecified atom stereocenters. The van der Waals surface area contributed by atoms with Crippen molar-refractivity contribution in [2.75, 3.05) is 0 Å². The maximum atomic E-state index is 6.04. The molecule has 1 heterocycles. The molecule has 0 aliphatic rings. The molecule has 0 atom stereocenters. The third-order valence-electron chi connectivity index (χ3n) is 2.76. The van der Waals surface area contributed by atoms with Gasteiger partial charge in [0.25, 0.3) is 0 Å². The normalized spacial score (nSPS) is 10.7. The first-order valence-corrected chi connectivity index (χ1v) is 7.31. The van der Waals surface area contributed by atoms with Gasteiger partial charge in [0.1, 0.15) is 10.3 Å². The third kappa shape index (κ3) is 3.41. The predicted molar refractivity (Wildman–Crippen MR) is 79.7 cm³/mol. The summed E-state index contributed by atoms with van der Waals surface area (Å²) in [6.07, 6.45) is 0. The van der Waals surface area contributed by atoms with Gasteiger partial charge in [-0.2, -0.15) is 0 Å². The number of hydrogen-bond donors (Lipinski definition) is 0. The van der Waals surface area contributed by atoms with Gasteiger partial charge in [0, 0.05) is 10.6 Å². The van der Waals surface area contributed by atoms with Crippen molar-refractivity contribution in [2.24, 2.45) is 0 Å². The van der Waals surface area contributed by atoms with E-state index in [1.165, 1.54) is 16.0 Å². The fourth-order valence-electron chi connectivity index (χ4n) is 1.51. The van der Waals surface area contributed by atoms with Crippen LogP contribution in [0.2, 0.25) is 10.3 Å². The minimum absolute atomic E-state index is 0.430. The van der Waals surface area contributed by atoms with Crippen LogP contribution in [0.15, 0.2) is 35.2 Å². The number of pyridine rings is 1. The first-order chi connectivity index (χ1) is 8.56. The largest absolute Gasteiger partial charge is 0.224 e. The molecule has 0 fully saturated rings. The summed E-state index contributed by atoms with van der Waals surface area (Å²) in [5, 5.41) is 0.916. The zero-order valence-corrected chi connectivity index (χ0v) is 12.5. The lowest BCUT2D eigenvalue weighted by Crippen LogP contribution is -1.87. The molecule has 1 aromatic carbocycles. The Labute approximate surface area is 122 Å². The number of aromatic nitrogens is 1. The van der Waals surface area contributed by atoms with E-state index in [1.54, 1.807) is 17.8 Å². The highest BCUT2D eigenvalue weighted by Crippen LogP contribution is 2.27. The summed E-state index contributed by atoms with van der Waals surface area (Å²) in [5.74, 6) is 0.797. The minimum Gasteiger partial charge on any atom is -0.224 e. The first-order valence-electron chi connectivity index (χ1n) is 5.57. The summed E-state index contributed by atoms with van der Waals surface area (Å²) in [6, 6.07) is 10.1. The number of hydrogen-bond acceptors (Lipinski definition) is 2. The van der Waals surface area contributed by atoms with Gasteiger partial charge in [-0.15, -0.1) is 11.8 Å². The Hall–Kier alpha value is -0.700. The van der Waals surface area contributed by atoms with E-state index >= 15 is 0 Å². The zero-order chi connectivity index (χ0) is 13.1. The number of rotatable bonds is 3. The molecule has 18 heavy (non-hydrogen) atoms. The second-order valence-electron chi connectivity index (χ2n) is 4.12. The molecule has 0 aliphatic carbocycles. The molecule has 1 nitrogen and oxygen atoms in total. The van der Waals surface area contributed by atoms with Crippen LogP contribution < -0.4 is 0 Å². The van der Waals surface area contributed by atoms with Crippen molar-refractivity contribution in [1.82, 2.24) is 4.98 Å². The van der Waals surface area contributed by atoms with E-state index in [0.29, 0.717) is 10.3 Å². The van der Waals surface area contributed by atoms with Crippen molar-refractivity contribution in [3.8, 4) is 0 Å². The van der Waals surface area contributed by atoms with Crippen molar-refractivity contribution >= 4 is 35.0 Å². The summed E-state index contributed by atoms with van der Waals surface area (Å²) in [5.41, 5.74) is 3.62. The van der Waals surface area contributed by atoms with Crippen molar-refractivity contribution in [1.29, 1.82) is 0 Å². The van der Waals surface area contributed by atoms with Crippen LogP contribution in [0.3, 0.4) is 0 Å². The van der Waals surface area contributed by atoms with E-state index in [-0.39, 0.29) is 0 Å². The molecule has 94 valence electrons. The van der Waals surface area contributed by atoms with E-state index in [9.17, 15) is 0 Å². The molecular weight excluding hydrogens is 285 g/mol. The van der Waals surface area contributed by atoms with E-state index < -0.39 is 0 Å². The standard InChI is InChI=1S/C14H13Cl2NS/c1-9-3-5-12(7-10(9)2)18-8-11-4-6-13(15)17-14(11)16/h3-7H,8H2,1-2H3. The molecule has 2 aromatic rings. The van der Waals surface area contributed by atoms with Gasteiger partial charge in [-0.05, 0) is 48.7 Å². The average molecular weight is 298 g/mol. The Bertz CT molecular complexity index is 570. The van der Waals surface area contributed by atoms with Crippen LogP contribution in [0.1, 0.15) is 16.7 Å². The Morgan fingerprint density at radius 3 is 2.50 bits per heavy atom. The molecule has 0 spiro atoms. The van der Waals surface area contributed by atoms with Gasteiger partial charge < -0.3 is 0 Å². The lowest BCUT2D eigenvalue weighted by atomic mass is 10.1. The molecule has 4 heteroatoms. The van der Waals surface area contributed by atoms with Crippen LogP contribution in [0.4, 0.5) is 0 Å². The molecular formula is C14H13Cl2NS. The zero-order valence-electron chi connectivity index (χ0n) is 10.2. The van der Waals surface area contributed by atoms with Crippen molar-refractivity contribution < 1.29 is 0 Å². The number of halogens is 2. The third-order valence-corrected chi connectivity index (χ3v) is 4.35. The van der Waals surface area contributed by atoms with Gasteiger partial charge in [0.05, 0.1) is 0 Å². The lowest BCUT2D eigenvalue weighted by molar-refractivity contribution is 1.24. The van der Waals surface area contributed by atoms with Crippen LogP contribution in [0, 0.1) is 13.8 Å². The summed E-state index contributed by atoms with van der Waals surface area (Å²) < 4.78 is 0. The summed E-state index contributed by atoms with van der Waals surface area (Å²) in [7, 11) is 0. The van der Waals surface area contributed by atoms with Crippen LogP contribution >= 0.6 is 35.0 Å². The fraction of sp³-hybridized carbons (Fsp3) is 0.214. The maximum Gasteiger partial charge on any atom is 0.134 e. The molecule has 0 bridgehead atoms. The van der Waals surface area contributed by atoms with Crippen LogP contribution in [0.5, 0.6) is 0 Å². The Morgan fingerprint density at radius 1 is 1.06 bits per heavy atom. The molecule has 0 radical (unpaired) electrons. The second kappa shape index (κ2) is 5.96. The molecule has 0 saturated carbocycles. The van der Waals surface area contributed by atoms with Crippen LogP contribution in [0.25, 0.3) is 0 Å². The van der Waals surface area contributed by atoms with Gasteiger partial charge in [-0.25, -0.2) is 4.98 Å². The summed E-state index contributed by atoms with van der Waals surface area (Å²) in [6.45, 7) is 4.24. The number of nitrogens with zero attached hydrogens (tertiary/aromatic N) is 1. The van der Waals surface area contributed by atoms with Crippen molar-refractivity contribution in [2.45, 2.75) is 24.5 Å². The van der Waals surface area contributed by atoms with Crippen LogP contribution in [-0.4, -0.2) is 4.98 Å². The van der Waals surface area contributed by atoms with Crippen molar-refractivity contribution in [3.05, 3.63) is 57.3 Å². The second-order valence-corrected chi connectivity index (χ2v) is 5.91. The number of aryl methyl sites for hydroxylation is 2. The first kappa shape index (κ1) is 13.7. The molecule has 0 amide bonds. The predicted octanol–water partition coefficient (Wildman–Crippen LogP) is 5.30. The van der Waals surface area contributed by atoms with Gasteiger partial charge >= 0.3 is 0 Å². The molecule has 0 aliphatic heterocycles.